The van der Waals surface area contributed by atoms with Gasteiger partial charge in [-0.2, -0.15) is 5.10 Å². The van der Waals surface area contributed by atoms with Crippen LogP contribution in [-0.2, 0) is 13.1 Å². The van der Waals surface area contributed by atoms with Crippen LogP contribution in [0.1, 0.15) is 11.1 Å². The molecule has 0 aliphatic carbocycles. The molecular weight excluding hydrogens is 304 g/mol. The molecule has 0 fully saturated rings. The minimum absolute atomic E-state index is 0.628. The Bertz CT molecular complexity index is 943. The van der Waals surface area contributed by atoms with E-state index in [9.17, 15) is 0 Å². The van der Waals surface area contributed by atoms with Crippen LogP contribution in [0.5, 0.6) is 0 Å². The molecule has 8 nitrogen and oxygen atoms in total. The molecule has 0 bridgehead atoms. The van der Waals surface area contributed by atoms with Gasteiger partial charge in [0.15, 0.2) is 11.5 Å². The van der Waals surface area contributed by atoms with Gasteiger partial charge in [0.2, 0.25) is 0 Å². The number of fused-ring (bicyclic) bond motifs is 1. The minimum Gasteiger partial charge on any atom is -0.354 e. The van der Waals surface area contributed by atoms with Crippen molar-refractivity contribution in [3.05, 3.63) is 66.0 Å². The average Bonchev–Trinajstić information content (AvgIpc) is 3.24. The normalized spacial score (nSPS) is 11.0. The van der Waals surface area contributed by atoms with E-state index >= 15 is 0 Å². The summed E-state index contributed by atoms with van der Waals surface area (Å²) in [6.45, 7) is 1.47. The molecule has 4 rings (SSSR count). The maximum atomic E-state index is 4.43. The fraction of sp³-hybridized carbons (Fsp3) is 0.188. The number of hydrogen-bond acceptors (Lipinski definition) is 6. The van der Waals surface area contributed by atoms with Crippen molar-refractivity contribution in [3.8, 4) is 0 Å². The molecule has 0 atom stereocenters. The molecule has 0 aliphatic heterocycles. The molecule has 4 aromatic rings. The Morgan fingerprint density at radius 2 is 1.92 bits per heavy atom. The lowest BCUT2D eigenvalue weighted by molar-refractivity contribution is 0.685. The summed E-state index contributed by atoms with van der Waals surface area (Å²) in [7, 11) is 1.98. The third kappa shape index (κ3) is 2.94. The third-order valence-corrected chi connectivity index (χ3v) is 3.74. The van der Waals surface area contributed by atoms with Gasteiger partial charge in [0.25, 0.3) is 0 Å². The summed E-state index contributed by atoms with van der Waals surface area (Å²) in [5.74, 6) is 0.797. The van der Waals surface area contributed by atoms with Gasteiger partial charge >= 0.3 is 0 Å². The molecular formula is C16H16N8. The third-order valence-electron chi connectivity index (χ3n) is 3.74. The Morgan fingerprint density at radius 1 is 1.04 bits per heavy atom. The van der Waals surface area contributed by atoms with Crippen LogP contribution in [0.3, 0.4) is 0 Å². The average molecular weight is 320 g/mol. The van der Waals surface area contributed by atoms with Gasteiger partial charge < -0.3 is 4.90 Å². The quantitative estimate of drug-likeness (QED) is 0.553. The van der Waals surface area contributed by atoms with Crippen molar-refractivity contribution >= 4 is 11.5 Å². The lowest BCUT2D eigenvalue weighted by Crippen LogP contribution is -2.18. The van der Waals surface area contributed by atoms with Crippen molar-refractivity contribution in [2.24, 2.45) is 0 Å². The maximum Gasteiger partial charge on any atom is 0.200 e. The zero-order valence-corrected chi connectivity index (χ0v) is 13.2. The van der Waals surface area contributed by atoms with Crippen molar-refractivity contribution in [2.45, 2.75) is 13.1 Å². The van der Waals surface area contributed by atoms with Gasteiger partial charge in [-0.1, -0.05) is 30.3 Å². The molecule has 0 saturated heterocycles. The fourth-order valence-corrected chi connectivity index (χ4v) is 2.54. The summed E-state index contributed by atoms with van der Waals surface area (Å²) in [5, 5.41) is 20.1. The highest BCUT2D eigenvalue weighted by Gasteiger charge is 2.08. The molecule has 8 heteroatoms. The van der Waals surface area contributed by atoms with Crippen LogP contribution in [0, 0.1) is 0 Å². The summed E-state index contributed by atoms with van der Waals surface area (Å²) >= 11 is 0. The van der Waals surface area contributed by atoms with E-state index in [2.05, 4.69) is 44.1 Å². The summed E-state index contributed by atoms with van der Waals surface area (Å²) in [4.78, 5) is 2.03. The largest absolute Gasteiger partial charge is 0.354 e. The molecule has 1 aromatic carbocycles. The first-order chi connectivity index (χ1) is 11.8. The van der Waals surface area contributed by atoms with Crippen molar-refractivity contribution in [3.63, 3.8) is 0 Å². The smallest absolute Gasteiger partial charge is 0.200 e. The molecule has 120 valence electrons. The molecule has 0 spiro atoms. The molecule has 0 N–H and O–H groups in total. The van der Waals surface area contributed by atoms with E-state index in [1.165, 1.54) is 10.2 Å². The minimum atomic E-state index is 0.628. The van der Waals surface area contributed by atoms with Crippen LogP contribution in [0.4, 0.5) is 5.82 Å². The predicted octanol–water partition coefficient (Wildman–Crippen LogP) is 1.40. The number of hydrogen-bond donors (Lipinski definition) is 0. The topological polar surface area (TPSA) is 77.0 Å². The van der Waals surface area contributed by atoms with Crippen LogP contribution in [-0.4, -0.2) is 42.1 Å². The Balaban J connectivity index is 1.46. The second-order valence-electron chi connectivity index (χ2n) is 5.61. The molecule has 3 heterocycles. The zero-order chi connectivity index (χ0) is 16.4. The Labute approximate surface area is 138 Å². The number of rotatable bonds is 5. The first kappa shape index (κ1) is 14.3. The Morgan fingerprint density at radius 3 is 2.79 bits per heavy atom. The number of tetrazole rings is 1. The highest BCUT2D eigenvalue weighted by Crippen LogP contribution is 2.13. The van der Waals surface area contributed by atoms with E-state index in [-0.39, 0.29) is 0 Å². The van der Waals surface area contributed by atoms with Gasteiger partial charge in [0.05, 0.1) is 12.7 Å². The van der Waals surface area contributed by atoms with Gasteiger partial charge in [-0.15, -0.1) is 14.8 Å². The summed E-state index contributed by atoms with van der Waals surface area (Å²) in [6.07, 6.45) is 3.94. The van der Waals surface area contributed by atoms with Crippen LogP contribution >= 0.6 is 0 Å². The van der Waals surface area contributed by atoms with E-state index in [0.717, 1.165) is 17.9 Å². The van der Waals surface area contributed by atoms with Gasteiger partial charge in [-0.05, 0) is 28.1 Å². The molecule has 0 radical (unpaired) electrons. The summed E-state index contributed by atoms with van der Waals surface area (Å²) < 4.78 is 3.36. The first-order valence-electron chi connectivity index (χ1n) is 7.60. The SMILES string of the molecule is CN(Cc1cnn(Cc2ccccc2)c1)c1ccc2nnnn2n1. The number of benzene rings is 1. The van der Waals surface area contributed by atoms with Gasteiger partial charge in [-0.3, -0.25) is 4.68 Å². The second kappa shape index (κ2) is 6.07. The number of nitrogens with zero attached hydrogens (tertiary/aromatic N) is 8. The predicted molar refractivity (Wildman–Crippen MR) is 88.5 cm³/mol. The zero-order valence-electron chi connectivity index (χ0n) is 13.2. The molecule has 24 heavy (non-hydrogen) atoms. The van der Waals surface area contributed by atoms with Crippen LogP contribution in [0.25, 0.3) is 5.65 Å². The molecule has 0 saturated carbocycles. The van der Waals surface area contributed by atoms with Gasteiger partial charge in [0.1, 0.15) is 0 Å². The van der Waals surface area contributed by atoms with E-state index in [1.54, 1.807) is 0 Å². The lowest BCUT2D eigenvalue weighted by atomic mass is 10.2. The summed E-state index contributed by atoms with van der Waals surface area (Å²) in [6, 6.07) is 14.0. The van der Waals surface area contributed by atoms with Gasteiger partial charge in [-0.25, -0.2) is 0 Å². The van der Waals surface area contributed by atoms with E-state index in [1.807, 2.05) is 53.2 Å². The summed E-state index contributed by atoms with van der Waals surface area (Å²) in [5.41, 5.74) is 2.97. The fourth-order valence-electron chi connectivity index (χ4n) is 2.54. The van der Waals surface area contributed by atoms with Crippen LogP contribution < -0.4 is 4.90 Å². The standard InChI is InChI=1S/C16H16N8/c1-22(16-8-7-15-18-20-21-24(15)19-16)10-14-9-17-23(12-14)11-13-5-3-2-4-6-13/h2-9,12H,10-11H2,1H3. The van der Waals surface area contributed by atoms with Crippen molar-refractivity contribution in [1.82, 2.24) is 35.0 Å². The van der Waals surface area contributed by atoms with Crippen LogP contribution in [0.2, 0.25) is 0 Å². The first-order valence-corrected chi connectivity index (χ1v) is 7.60. The van der Waals surface area contributed by atoms with E-state index < -0.39 is 0 Å². The second-order valence-corrected chi connectivity index (χ2v) is 5.61. The Hall–Kier alpha value is -3.29. The number of aromatic nitrogens is 7. The van der Waals surface area contributed by atoms with Crippen molar-refractivity contribution in [2.75, 3.05) is 11.9 Å². The van der Waals surface area contributed by atoms with Crippen LogP contribution in [0.15, 0.2) is 54.9 Å². The van der Waals surface area contributed by atoms with Crippen molar-refractivity contribution in [1.29, 1.82) is 0 Å². The monoisotopic (exact) mass is 320 g/mol. The highest BCUT2D eigenvalue weighted by molar-refractivity contribution is 5.44. The van der Waals surface area contributed by atoms with E-state index in [0.29, 0.717) is 12.2 Å². The van der Waals surface area contributed by atoms with E-state index in [4.69, 9.17) is 0 Å². The maximum absolute atomic E-state index is 4.43. The molecule has 0 aliphatic rings. The number of anilines is 1. The highest BCUT2D eigenvalue weighted by atomic mass is 15.6. The van der Waals surface area contributed by atoms with Gasteiger partial charge in [0, 0.05) is 25.4 Å². The Kier molecular flexibility index (Phi) is 3.62. The molecule has 3 aromatic heterocycles. The molecule has 0 unspecified atom stereocenters. The lowest BCUT2D eigenvalue weighted by Gasteiger charge is -2.16. The van der Waals surface area contributed by atoms with Crippen molar-refractivity contribution < 1.29 is 0 Å². The molecule has 0 amide bonds.